The van der Waals surface area contributed by atoms with Gasteiger partial charge in [-0.1, -0.05) is 44.9 Å². The molecule has 2 unspecified atom stereocenters. The molecule has 0 bridgehead atoms. The van der Waals surface area contributed by atoms with E-state index in [1.165, 1.54) is 6.07 Å². The van der Waals surface area contributed by atoms with E-state index in [0.717, 1.165) is 13.0 Å². The highest BCUT2D eigenvalue weighted by atomic mass is 35.5. The first-order valence-electron chi connectivity index (χ1n) is 5.79. The molecule has 90 valence electrons. The van der Waals surface area contributed by atoms with Crippen molar-refractivity contribution >= 4 is 11.6 Å². The number of rotatable bonds is 5. The van der Waals surface area contributed by atoms with Gasteiger partial charge in [0.05, 0.1) is 0 Å². The third-order valence-corrected chi connectivity index (χ3v) is 3.28. The van der Waals surface area contributed by atoms with Crippen LogP contribution in [0, 0.1) is 11.7 Å². The van der Waals surface area contributed by atoms with Crippen LogP contribution >= 0.6 is 11.6 Å². The summed E-state index contributed by atoms with van der Waals surface area (Å²) in [5.41, 5.74) is 0.598. The van der Waals surface area contributed by atoms with Gasteiger partial charge < -0.3 is 5.32 Å². The molecule has 16 heavy (non-hydrogen) atoms. The zero-order valence-corrected chi connectivity index (χ0v) is 10.8. The monoisotopic (exact) mass is 243 g/mol. The first-order chi connectivity index (χ1) is 7.61. The predicted octanol–water partition coefficient (Wildman–Crippen LogP) is 4.18. The molecule has 0 saturated carbocycles. The number of hydrogen-bond acceptors (Lipinski definition) is 1. The van der Waals surface area contributed by atoms with Crippen molar-refractivity contribution in [2.24, 2.45) is 5.92 Å². The molecule has 0 aliphatic rings. The Bertz CT molecular complexity index is 320. The van der Waals surface area contributed by atoms with Crippen LogP contribution in [0.25, 0.3) is 0 Å². The number of nitrogens with one attached hydrogen (secondary N) is 1. The van der Waals surface area contributed by atoms with E-state index in [4.69, 9.17) is 11.6 Å². The molecule has 0 aliphatic carbocycles. The topological polar surface area (TPSA) is 12.0 Å². The number of halogens is 2. The molecule has 1 aromatic rings. The largest absolute Gasteiger partial charge is 0.310 e. The van der Waals surface area contributed by atoms with Crippen LogP contribution in [0.4, 0.5) is 4.39 Å². The highest BCUT2D eigenvalue weighted by Crippen LogP contribution is 2.31. The Morgan fingerprint density at radius 1 is 1.38 bits per heavy atom. The van der Waals surface area contributed by atoms with Crippen molar-refractivity contribution in [3.8, 4) is 0 Å². The Kier molecular flexibility index (Phi) is 5.23. The average molecular weight is 244 g/mol. The molecule has 1 nitrogen and oxygen atoms in total. The fraction of sp³-hybridized carbons (Fsp3) is 0.538. The Morgan fingerprint density at radius 3 is 2.56 bits per heavy atom. The predicted molar refractivity (Wildman–Crippen MR) is 67.3 cm³/mol. The summed E-state index contributed by atoms with van der Waals surface area (Å²) in [4.78, 5) is 0. The lowest BCUT2D eigenvalue weighted by Crippen LogP contribution is -2.27. The molecule has 0 fully saturated rings. The minimum Gasteiger partial charge on any atom is -0.310 e. The quantitative estimate of drug-likeness (QED) is 0.818. The maximum atomic E-state index is 13.8. The molecular formula is C13H19ClFN. The van der Waals surface area contributed by atoms with Crippen LogP contribution in [0.5, 0.6) is 0 Å². The maximum absolute atomic E-state index is 13.8. The molecular weight excluding hydrogens is 225 g/mol. The van der Waals surface area contributed by atoms with Gasteiger partial charge in [0.25, 0.3) is 0 Å². The molecule has 0 saturated heterocycles. The fourth-order valence-corrected chi connectivity index (χ4v) is 2.13. The standard InChI is InChI=1S/C13H19ClFN/c1-4-9(3)13(16-5-2)12-10(14)7-6-8-11(12)15/h6-9,13,16H,4-5H2,1-3H3. The molecule has 0 spiro atoms. The molecule has 1 rings (SSSR count). The number of benzene rings is 1. The highest BCUT2D eigenvalue weighted by molar-refractivity contribution is 6.31. The highest BCUT2D eigenvalue weighted by Gasteiger charge is 2.22. The van der Waals surface area contributed by atoms with Crippen molar-refractivity contribution in [1.82, 2.24) is 5.32 Å². The van der Waals surface area contributed by atoms with E-state index in [-0.39, 0.29) is 11.9 Å². The smallest absolute Gasteiger partial charge is 0.129 e. The van der Waals surface area contributed by atoms with Crippen LogP contribution < -0.4 is 5.32 Å². The van der Waals surface area contributed by atoms with E-state index in [9.17, 15) is 4.39 Å². The molecule has 1 N–H and O–H groups in total. The lowest BCUT2D eigenvalue weighted by molar-refractivity contribution is 0.372. The second kappa shape index (κ2) is 6.21. The summed E-state index contributed by atoms with van der Waals surface area (Å²) in [6.07, 6.45) is 0.988. The molecule has 0 aliphatic heterocycles. The van der Waals surface area contributed by atoms with Crippen molar-refractivity contribution in [2.75, 3.05) is 6.54 Å². The van der Waals surface area contributed by atoms with E-state index in [1.54, 1.807) is 12.1 Å². The third kappa shape index (κ3) is 2.96. The summed E-state index contributed by atoms with van der Waals surface area (Å²) in [6.45, 7) is 7.03. The van der Waals surface area contributed by atoms with Crippen molar-refractivity contribution in [3.63, 3.8) is 0 Å². The Hall–Kier alpha value is -0.600. The molecule has 1 aromatic carbocycles. The SMILES string of the molecule is CCNC(c1c(F)cccc1Cl)C(C)CC. The Labute approximate surface area is 102 Å². The van der Waals surface area contributed by atoms with Crippen LogP contribution in [0.2, 0.25) is 5.02 Å². The van der Waals surface area contributed by atoms with Crippen LogP contribution in [0.3, 0.4) is 0 Å². The van der Waals surface area contributed by atoms with E-state index in [1.807, 2.05) is 6.92 Å². The van der Waals surface area contributed by atoms with Gasteiger partial charge in [0.1, 0.15) is 5.82 Å². The molecule has 0 amide bonds. The van der Waals surface area contributed by atoms with Crippen molar-refractivity contribution in [1.29, 1.82) is 0 Å². The lowest BCUT2D eigenvalue weighted by Gasteiger charge is -2.25. The minimum atomic E-state index is -0.223. The van der Waals surface area contributed by atoms with Crippen molar-refractivity contribution in [2.45, 2.75) is 33.2 Å². The van der Waals surface area contributed by atoms with Crippen molar-refractivity contribution < 1.29 is 4.39 Å². The van der Waals surface area contributed by atoms with Crippen LogP contribution in [0.15, 0.2) is 18.2 Å². The summed E-state index contributed by atoms with van der Waals surface area (Å²) in [7, 11) is 0. The van der Waals surface area contributed by atoms with Gasteiger partial charge in [-0.15, -0.1) is 0 Å². The summed E-state index contributed by atoms with van der Waals surface area (Å²) < 4.78 is 13.8. The van der Waals surface area contributed by atoms with Crippen molar-refractivity contribution in [3.05, 3.63) is 34.6 Å². The second-order valence-corrected chi connectivity index (χ2v) is 4.46. The van der Waals surface area contributed by atoms with Gasteiger partial charge >= 0.3 is 0 Å². The molecule has 3 heteroatoms. The first-order valence-corrected chi connectivity index (χ1v) is 6.16. The van der Waals surface area contributed by atoms with Crippen LogP contribution in [-0.4, -0.2) is 6.54 Å². The fourth-order valence-electron chi connectivity index (χ4n) is 1.85. The summed E-state index contributed by atoms with van der Waals surface area (Å²) in [6, 6.07) is 4.84. The lowest BCUT2D eigenvalue weighted by atomic mass is 9.92. The zero-order valence-electron chi connectivity index (χ0n) is 10.1. The normalized spacial score (nSPS) is 14.8. The van der Waals surface area contributed by atoms with Gasteiger partial charge in [0.2, 0.25) is 0 Å². The summed E-state index contributed by atoms with van der Waals surface area (Å²) >= 11 is 6.08. The van der Waals surface area contributed by atoms with Crippen LogP contribution in [-0.2, 0) is 0 Å². The van der Waals surface area contributed by atoms with Gasteiger partial charge in [0.15, 0.2) is 0 Å². The Balaban J connectivity index is 3.09. The Morgan fingerprint density at radius 2 is 2.06 bits per heavy atom. The number of hydrogen-bond donors (Lipinski definition) is 1. The van der Waals surface area contributed by atoms with E-state index >= 15 is 0 Å². The third-order valence-electron chi connectivity index (χ3n) is 2.95. The second-order valence-electron chi connectivity index (χ2n) is 4.06. The van der Waals surface area contributed by atoms with Gasteiger partial charge in [-0.2, -0.15) is 0 Å². The first kappa shape index (κ1) is 13.5. The van der Waals surface area contributed by atoms with Crippen LogP contribution in [0.1, 0.15) is 38.8 Å². The molecule has 0 radical (unpaired) electrons. The van der Waals surface area contributed by atoms with Gasteiger partial charge in [-0.25, -0.2) is 4.39 Å². The van der Waals surface area contributed by atoms with Gasteiger partial charge in [0, 0.05) is 16.6 Å². The summed E-state index contributed by atoms with van der Waals surface area (Å²) in [5, 5.41) is 3.81. The maximum Gasteiger partial charge on any atom is 0.129 e. The van der Waals surface area contributed by atoms with Gasteiger partial charge in [-0.05, 0) is 24.6 Å². The summed E-state index contributed by atoms with van der Waals surface area (Å²) in [5.74, 6) is 0.133. The van der Waals surface area contributed by atoms with E-state index in [0.29, 0.717) is 16.5 Å². The van der Waals surface area contributed by atoms with E-state index in [2.05, 4.69) is 19.2 Å². The zero-order chi connectivity index (χ0) is 12.1. The minimum absolute atomic E-state index is 0.0105. The molecule has 0 heterocycles. The van der Waals surface area contributed by atoms with Gasteiger partial charge in [-0.3, -0.25) is 0 Å². The average Bonchev–Trinajstić information content (AvgIpc) is 2.26. The molecule has 2 atom stereocenters. The van der Waals surface area contributed by atoms with E-state index < -0.39 is 0 Å². The molecule has 0 aromatic heterocycles.